The molecule has 1 aromatic rings. The molecule has 22 heavy (non-hydrogen) atoms. The molecule has 2 rings (SSSR count). The number of methoxy groups -OCH3 is 1. The van der Waals surface area contributed by atoms with E-state index < -0.39 is 16.0 Å². The first-order valence-corrected chi connectivity index (χ1v) is 9.26. The molecular formula is C13H20N2O5S2. The van der Waals surface area contributed by atoms with Crippen molar-refractivity contribution in [3.8, 4) is 0 Å². The van der Waals surface area contributed by atoms with Crippen molar-refractivity contribution in [1.82, 2.24) is 9.21 Å². The number of thiophene rings is 1. The van der Waals surface area contributed by atoms with Crippen LogP contribution in [0.3, 0.4) is 0 Å². The van der Waals surface area contributed by atoms with Gasteiger partial charge in [-0.1, -0.05) is 6.07 Å². The number of hydrogen-bond acceptors (Lipinski definition) is 7. The molecule has 1 aliphatic heterocycles. The monoisotopic (exact) mass is 348 g/mol. The summed E-state index contributed by atoms with van der Waals surface area (Å²) in [5.41, 5.74) is 0. The second-order valence-corrected chi connectivity index (χ2v) is 7.91. The summed E-state index contributed by atoms with van der Waals surface area (Å²) in [5, 5.41) is 1.70. The van der Waals surface area contributed by atoms with Gasteiger partial charge in [0, 0.05) is 26.2 Å². The maximum atomic E-state index is 12.6. The Morgan fingerprint density at radius 1 is 1.45 bits per heavy atom. The number of carbonyl (C=O) groups is 1. The Bertz CT molecular complexity index is 567. The van der Waals surface area contributed by atoms with Gasteiger partial charge in [-0.3, -0.25) is 9.69 Å². The zero-order valence-corrected chi connectivity index (χ0v) is 14.1. The maximum absolute atomic E-state index is 12.6. The van der Waals surface area contributed by atoms with Crippen LogP contribution in [0.2, 0.25) is 0 Å². The van der Waals surface area contributed by atoms with E-state index in [1.165, 1.54) is 11.4 Å². The summed E-state index contributed by atoms with van der Waals surface area (Å²) < 4.78 is 36.5. The van der Waals surface area contributed by atoms with Crippen LogP contribution in [0.25, 0.3) is 0 Å². The minimum Gasteiger partial charge on any atom is -0.468 e. The molecular weight excluding hydrogens is 328 g/mol. The topological polar surface area (TPSA) is 76.2 Å². The van der Waals surface area contributed by atoms with Crippen LogP contribution in [0.15, 0.2) is 21.7 Å². The number of rotatable bonds is 7. The van der Waals surface area contributed by atoms with Gasteiger partial charge >= 0.3 is 5.97 Å². The molecule has 0 aromatic carbocycles. The first kappa shape index (κ1) is 17.4. The third-order valence-corrected chi connectivity index (χ3v) is 6.61. The van der Waals surface area contributed by atoms with Gasteiger partial charge in [0.1, 0.15) is 10.8 Å². The molecule has 0 saturated carbocycles. The molecule has 1 saturated heterocycles. The van der Waals surface area contributed by atoms with Crippen LogP contribution >= 0.6 is 11.3 Å². The van der Waals surface area contributed by atoms with Crippen LogP contribution in [0.4, 0.5) is 0 Å². The van der Waals surface area contributed by atoms with Crippen molar-refractivity contribution in [3.05, 3.63) is 17.5 Å². The van der Waals surface area contributed by atoms with Gasteiger partial charge < -0.3 is 9.47 Å². The molecule has 9 heteroatoms. The molecule has 0 N–H and O–H groups in total. The summed E-state index contributed by atoms with van der Waals surface area (Å²) in [6.45, 7) is 3.36. The normalized spacial score (nSPS) is 16.8. The number of carbonyl (C=O) groups excluding carboxylic acids is 1. The Kier molecular flexibility index (Phi) is 6.33. The number of nitrogens with zero attached hydrogens (tertiary/aromatic N) is 2. The molecule has 0 aliphatic carbocycles. The first-order valence-electron chi connectivity index (χ1n) is 6.94. The molecule has 1 aromatic heterocycles. The highest BCUT2D eigenvalue weighted by Crippen LogP contribution is 2.20. The molecule has 7 nitrogen and oxygen atoms in total. The summed E-state index contributed by atoms with van der Waals surface area (Å²) in [6, 6.07) is 3.22. The van der Waals surface area contributed by atoms with Crippen LogP contribution in [0.1, 0.15) is 0 Å². The van der Waals surface area contributed by atoms with Gasteiger partial charge in [0.05, 0.1) is 20.3 Å². The molecule has 2 heterocycles. The highest BCUT2D eigenvalue weighted by molar-refractivity contribution is 7.91. The third-order valence-electron chi connectivity index (χ3n) is 3.39. The fraction of sp³-hybridized carbons (Fsp3) is 0.615. The van der Waals surface area contributed by atoms with Gasteiger partial charge in [-0.2, -0.15) is 4.31 Å². The van der Waals surface area contributed by atoms with Crippen molar-refractivity contribution in [2.45, 2.75) is 4.21 Å². The fourth-order valence-electron chi connectivity index (χ4n) is 2.11. The average molecular weight is 348 g/mol. The average Bonchev–Trinajstić information content (AvgIpc) is 3.07. The predicted octanol–water partition coefficient (Wildman–Crippen LogP) is 0.244. The van der Waals surface area contributed by atoms with Crippen molar-refractivity contribution < 1.29 is 22.7 Å². The van der Waals surface area contributed by atoms with Crippen LogP contribution < -0.4 is 0 Å². The van der Waals surface area contributed by atoms with Gasteiger partial charge in [-0.05, 0) is 11.4 Å². The molecule has 124 valence electrons. The smallest absolute Gasteiger partial charge is 0.321 e. The lowest BCUT2D eigenvalue weighted by molar-refractivity contribution is -0.140. The summed E-state index contributed by atoms with van der Waals surface area (Å²) in [7, 11) is -2.42. The third kappa shape index (κ3) is 4.50. The van der Waals surface area contributed by atoms with E-state index >= 15 is 0 Å². The SMILES string of the molecule is COC(=O)CN(CCN1CCOCC1)S(=O)(=O)c1cccs1. The summed E-state index contributed by atoms with van der Waals surface area (Å²) >= 11 is 1.14. The maximum Gasteiger partial charge on any atom is 0.321 e. The number of esters is 1. The summed E-state index contributed by atoms with van der Waals surface area (Å²) in [5.74, 6) is -0.567. The second-order valence-electron chi connectivity index (χ2n) is 4.80. The minimum atomic E-state index is -3.67. The van der Waals surface area contributed by atoms with E-state index in [4.69, 9.17) is 4.74 Å². The van der Waals surface area contributed by atoms with E-state index in [-0.39, 0.29) is 17.3 Å². The van der Waals surface area contributed by atoms with Crippen LogP contribution in [-0.2, 0) is 24.3 Å². The predicted molar refractivity (Wildman–Crippen MR) is 82.4 cm³/mol. The van der Waals surface area contributed by atoms with Crippen LogP contribution in [0.5, 0.6) is 0 Å². The highest BCUT2D eigenvalue weighted by Gasteiger charge is 2.28. The molecule has 1 fully saturated rings. The lowest BCUT2D eigenvalue weighted by atomic mass is 10.4. The van der Waals surface area contributed by atoms with E-state index in [2.05, 4.69) is 9.64 Å². The quantitative estimate of drug-likeness (QED) is 0.657. The van der Waals surface area contributed by atoms with Gasteiger partial charge in [0.2, 0.25) is 0 Å². The lowest BCUT2D eigenvalue weighted by Crippen LogP contribution is -2.44. The molecule has 0 amide bonds. The van der Waals surface area contributed by atoms with Gasteiger partial charge in [0.15, 0.2) is 0 Å². The van der Waals surface area contributed by atoms with Crippen molar-refractivity contribution in [3.63, 3.8) is 0 Å². The van der Waals surface area contributed by atoms with Crippen molar-refractivity contribution in [2.75, 3.05) is 53.0 Å². The van der Waals surface area contributed by atoms with E-state index in [9.17, 15) is 13.2 Å². The van der Waals surface area contributed by atoms with Crippen LogP contribution in [-0.4, -0.2) is 76.6 Å². The van der Waals surface area contributed by atoms with Crippen molar-refractivity contribution in [2.24, 2.45) is 0 Å². The zero-order valence-electron chi connectivity index (χ0n) is 12.4. The second kappa shape index (κ2) is 8.02. The molecule has 0 unspecified atom stereocenters. The summed E-state index contributed by atoms with van der Waals surface area (Å²) in [6.07, 6.45) is 0. The lowest BCUT2D eigenvalue weighted by Gasteiger charge is -2.29. The number of hydrogen-bond donors (Lipinski definition) is 0. The Morgan fingerprint density at radius 2 is 2.18 bits per heavy atom. The van der Waals surface area contributed by atoms with E-state index in [0.717, 1.165) is 24.4 Å². The standard InChI is InChI=1S/C13H20N2O5S2/c1-19-12(16)11-15(5-4-14-6-8-20-9-7-14)22(17,18)13-3-2-10-21-13/h2-3,10H,4-9,11H2,1H3. The molecule has 0 radical (unpaired) electrons. The van der Waals surface area contributed by atoms with Crippen LogP contribution in [0, 0.1) is 0 Å². The Hall–Kier alpha value is -1.00. The molecule has 0 spiro atoms. The number of ether oxygens (including phenoxy) is 2. The Balaban J connectivity index is 2.06. The van der Waals surface area contributed by atoms with E-state index in [1.54, 1.807) is 17.5 Å². The molecule has 0 bridgehead atoms. The number of morpholine rings is 1. The minimum absolute atomic E-state index is 0.235. The van der Waals surface area contributed by atoms with E-state index in [0.29, 0.717) is 19.8 Å². The zero-order chi connectivity index (χ0) is 16.0. The largest absolute Gasteiger partial charge is 0.468 e. The summed E-state index contributed by atoms with van der Waals surface area (Å²) in [4.78, 5) is 13.7. The van der Waals surface area contributed by atoms with Crippen molar-refractivity contribution >= 4 is 27.3 Å². The van der Waals surface area contributed by atoms with Gasteiger partial charge in [-0.15, -0.1) is 11.3 Å². The highest BCUT2D eigenvalue weighted by atomic mass is 32.2. The number of sulfonamides is 1. The Morgan fingerprint density at radius 3 is 2.77 bits per heavy atom. The first-order chi connectivity index (χ1) is 10.5. The molecule has 1 aliphatic rings. The molecule has 0 atom stereocenters. The van der Waals surface area contributed by atoms with Gasteiger partial charge in [-0.25, -0.2) is 8.42 Å². The van der Waals surface area contributed by atoms with E-state index in [1.807, 2.05) is 0 Å². The van der Waals surface area contributed by atoms with Crippen molar-refractivity contribution in [1.29, 1.82) is 0 Å². The Labute approximate surface area is 134 Å². The van der Waals surface area contributed by atoms with Gasteiger partial charge in [0.25, 0.3) is 10.0 Å². The fourth-order valence-corrected chi connectivity index (χ4v) is 4.63.